The van der Waals surface area contributed by atoms with E-state index in [9.17, 15) is 9.59 Å². The zero-order valence-electron chi connectivity index (χ0n) is 16.7. The Bertz CT molecular complexity index is 1030. The van der Waals surface area contributed by atoms with E-state index in [-0.39, 0.29) is 18.2 Å². The minimum Gasteiger partial charge on any atom is -0.497 e. The molecule has 156 valence electrons. The molecule has 0 saturated heterocycles. The SMILES string of the molecule is COc1ccc(C(=O)Nc2nc(CC(=O)Nc3ccc(OC)c(OC)c3)cs2)cc1. The van der Waals surface area contributed by atoms with E-state index in [0.717, 1.165) is 0 Å². The molecular formula is C21H21N3O5S. The molecule has 1 heterocycles. The number of hydrogen-bond acceptors (Lipinski definition) is 7. The number of nitrogens with one attached hydrogen (secondary N) is 2. The number of aromatic nitrogens is 1. The number of carbonyl (C=O) groups is 2. The van der Waals surface area contributed by atoms with Crippen LogP contribution in [0.3, 0.4) is 0 Å². The predicted molar refractivity (Wildman–Crippen MR) is 115 cm³/mol. The van der Waals surface area contributed by atoms with Gasteiger partial charge in [-0.05, 0) is 36.4 Å². The van der Waals surface area contributed by atoms with Gasteiger partial charge in [0, 0.05) is 22.7 Å². The quantitative estimate of drug-likeness (QED) is 0.570. The van der Waals surface area contributed by atoms with Gasteiger partial charge in [-0.3, -0.25) is 14.9 Å². The van der Waals surface area contributed by atoms with Crippen LogP contribution in [0.15, 0.2) is 47.8 Å². The molecule has 0 fully saturated rings. The number of amides is 2. The lowest BCUT2D eigenvalue weighted by Crippen LogP contribution is -2.15. The van der Waals surface area contributed by atoms with Gasteiger partial charge in [0.2, 0.25) is 5.91 Å². The highest BCUT2D eigenvalue weighted by Crippen LogP contribution is 2.29. The van der Waals surface area contributed by atoms with Crippen molar-refractivity contribution >= 4 is 34.0 Å². The summed E-state index contributed by atoms with van der Waals surface area (Å²) in [5, 5.41) is 7.68. The van der Waals surface area contributed by atoms with Crippen molar-refractivity contribution in [2.24, 2.45) is 0 Å². The van der Waals surface area contributed by atoms with Crippen LogP contribution in [0.1, 0.15) is 16.1 Å². The van der Waals surface area contributed by atoms with Crippen LogP contribution in [0.2, 0.25) is 0 Å². The Hall–Kier alpha value is -3.59. The summed E-state index contributed by atoms with van der Waals surface area (Å²) in [6, 6.07) is 11.9. The lowest BCUT2D eigenvalue weighted by molar-refractivity contribution is -0.115. The first-order valence-electron chi connectivity index (χ1n) is 8.94. The maximum atomic E-state index is 12.3. The van der Waals surface area contributed by atoms with Crippen molar-refractivity contribution in [2.45, 2.75) is 6.42 Å². The smallest absolute Gasteiger partial charge is 0.257 e. The van der Waals surface area contributed by atoms with E-state index in [1.807, 2.05) is 0 Å². The molecule has 0 aliphatic rings. The van der Waals surface area contributed by atoms with E-state index in [4.69, 9.17) is 14.2 Å². The highest BCUT2D eigenvalue weighted by molar-refractivity contribution is 7.14. The summed E-state index contributed by atoms with van der Waals surface area (Å²) in [5.41, 5.74) is 1.63. The van der Waals surface area contributed by atoms with Crippen LogP contribution < -0.4 is 24.8 Å². The maximum absolute atomic E-state index is 12.3. The molecule has 3 rings (SSSR count). The van der Waals surface area contributed by atoms with Crippen LogP contribution in [0, 0.1) is 0 Å². The van der Waals surface area contributed by atoms with Gasteiger partial charge in [-0.2, -0.15) is 0 Å². The van der Waals surface area contributed by atoms with Crippen LogP contribution in [0.25, 0.3) is 0 Å². The first-order chi connectivity index (χ1) is 14.5. The number of benzene rings is 2. The third kappa shape index (κ3) is 5.26. The molecule has 30 heavy (non-hydrogen) atoms. The molecule has 0 aliphatic heterocycles. The van der Waals surface area contributed by atoms with Crippen molar-refractivity contribution in [2.75, 3.05) is 32.0 Å². The predicted octanol–water partition coefficient (Wildman–Crippen LogP) is 3.60. The molecule has 9 heteroatoms. The number of carbonyl (C=O) groups excluding carboxylic acids is 2. The Balaban J connectivity index is 1.58. The van der Waals surface area contributed by atoms with Gasteiger partial charge < -0.3 is 19.5 Å². The van der Waals surface area contributed by atoms with E-state index < -0.39 is 0 Å². The fraction of sp³-hybridized carbons (Fsp3) is 0.190. The Morgan fingerprint density at radius 1 is 0.933 bits per heavy atom. The Labute approximate surface area is 177 Å². The van der Waals surface area contributed by atoms with Gasteiger partial charge >= 0.3 is 0 Å². The molecule has 0 atom stereocenters. The minimum absolute atomic E-state index is 0.0727. The summed E-state index contributed by atoms with van der Waals surface area (Å²) in [6.07, 6.45) is 0.0727. The van der Waals surface area contributed by atoms with E-state index in [2.05, 4.69) is 15.6 Å². The summed E-state index contributed by atoms with van der Waals surface area (Å²) in [7, 11) is 4.64. The number of nitrogens with zero attached hydrogens (tertiary/aromatic N) is 1. The van der Waals surface area contributed by atoms with Crippen LogP contribution in [-0.4, -0.2) is 38.1 Å². The normalized spacial score (nSPS) is 10.2. The van der Waals surface area contributed by atoms with Crippen LogP contribution in [-0.2, 0) is 11.2 Å². The van der Waals surface area contributed by atoms with Gasteiger partial charge in [0.25, 0.3) is 5.91 Å². The summed E-state index contributed by atoms with van der Waals surface area (Å²) in [4.78, 5) is 29.0. The zero-order valence-corrected chi connectivity index (χ0v) is 17.5. The highest BCUT2D eigenvalue weighted by atomic mass is 32.1. The number of thiazole rings is 1. The van der Waals surface area contributed by atoms with Gasteiger partial charge in [0.15, 0.2) is 16.6 Å². The monoisotopic (exact) mass is 427 g/mol. The molecule has 2 aromatic carbocycles. The third-order valence-electron chi connectivity index (χ3n) is 4.13. The van der Waals surface area contributed by atoms with Crippen LogP contribution in [0.5, 0.6) is 17.2 Å². The fourth-order valence-electron chi connectivity index (χ4n) is 2.64. The number of hydrogen-bond donors (Lipinski definition) is 2. The molecule has 1 aromatic heterocycles. The fourth-order valence-corrected chi connectivity index (χ4v) is 3.35. The summed E-state index contributed by atoms with van der Waals surface area (Å²) >= 11 is 1.26. The second-order valence-electron chi connectivity index (χ2n) is 6.12. The van der Waals surface area contributed by atoms with Crippen molar-refractivity contribution in [3.05, 3.63) is 59.1 Å². The summed E-state index contributed by atoms with van der Waals surface area (Å²) in [6.45, 7) is 0. The molecule has 0 radical (unpaired) electrons. The average Bonchev–Trinajstić information content (AvgIpc) is 3.19. The number of methoxy groups -OCH3 is 3. The summed E-state index contributed by atoms with van der Waals surface area (Å²) in [5.74, 6) is 1.25. The average molecular weight is 427 g/mol. The van der Waals surface area contributed by atoms with Gasteiger partial charge in [-0.25, -0.2) is 4.98 Å². The minimum atomic E-state index is -0.284. The molecule has 0 unspecified atom stereocenters. The maximum Gasteiger partial charge on any atom is 0.257 e. The second-order valence-corrected chi connectivity index (χ2v) is 6.98. The molecule has 2 amide bonds. The molecule has 0 spiro atoms. The standard InChI is InChI=1S/C21H21N3O5S/c1-27-16-7-4-13(5-8-16)20(26)24-21-23-15(12-30-21)11-19(25)22-14-6-9-17(28-2)18(10-14)29-3/h4-10,12H,11H2,1-3H3,(H,22,25)(H,23,24,26). The van der Waals surface area contributed by atoms with Crippen LogP contribution >= 0.6 is 11.3 Å². The number of anilines is 2. The first kappa shape index (κ1) is 21.1. The first-order valence-corrected chi connectivity index (χ1v) is 9.82. The Morgan fingerprint density at radius 3 is 2.33 bits per heavy atom. The van der Waals surface area contributed by atoms with Crippen molar-refractivity contribution in [3.63, 3.8) is 0 Å². The van der Waals surface area contributed by atoms with Crippen molar-refractivity contribution in [1.29, 1.82) is 0 Å². The molecule has 2 N–H and O–H groups in total. The van der Waals surface area contributed by atoms with Crippen molar-refractivity contribution in [3.8, 4) is 17.2 Å². The Morgan fingerprint density at radius 2 is 1.67 bits per heavy atom. The molecule has 0 saturated carbocycles. The molecular weight excluding hydrogens is 406 g/mol. The second kappa shape index (κ2) is 9.75. The molecule has 3 aromatic rings. The van der Waals surface area contributed by atoms with Gasteiger partial charge in [-0.1, -0.05) is 0 Å². The number of rotatable bonds is 8. The summed E-state index contributed by atoms with van der Waals surface area (Å²) < 4.78 is 15.5. The lowest BCUT2D eigenvalue weighted by atomic mass is 10.2. The van der Waals surface area contributed by atoms with E-state index >= 15 is 0 Å². The third-order valence-corrected chi connectivity index (χ3v) is 4.94. The van der Waals surface area contributed by atoms with E-state index in [1.54, 1.807) is 62.1 Å². The molecule has 0 bridgehead atoms. The number of ether oxygens (including phenoxy) is 3. The topological polar surface area (TPSA) is 98.8 Å². The van der Waals surface area contributed by atoms with E-state index in [0.29, 0.717) is 39.3 Å². The molecule has 0 aliphatic carbocycles. The lowest BCUT2D eigenvalue weighted by Gasteiger charge is -2.10. The van der Waals surface area contributed by atoms with Crippen molar-refractivity contribution < 1.29 is 23.8 Å². The highest BCUT2D eigenvalue weighted by Gasteiger charge is 2.13. The molecule has 8 nitrogen and oxygen atoms in total. The van der Waals surface area contributed by atoms with Gasteiger partial charge in [0.05, 0.1) is 33.4 Å². The van der Waals surface area contributed by atoms with Gasteiger partial charge in [-0.15, -0.1) is 11.3 Å². The van der Waals surface area contributed by atoms with Crippen LogP contribution in [0.4, 0.5) is 10.8 Å². The largest absolute Gasteiger partial charge is 0.497 e. The van der Waals surface area contributed by atoms with Gasteiger partial charge in [0.1, 0.15) is 5.75 Å². The van der Waals surface area contributed by atoms with Crippen molar-refractivity contribution in [1.82, 2.24) is 4.98 Å². The zero-order chi connectivity index (χ0) is 21.5. The Kier molecular flexibility index (Phi) is 6.87. The van der Waals surface area contributed by atoms with E-state index in [1.165, 1.54) is 18.4 Å².